The van der Waals surface area contributed by atoms with Gasteiger partial charge in [0.2, 0.25) is 5.95 Å². The summed E-state index contributed by atoms with van der Waals surface area (Å²) >= 11 is 0. The van der Waals surface area contributed by atoms with E-state index in [1.54, 1.807) is 19.4 Å². The highest BCUT2D eigenvalue weighted by Crippen LogP contribution is 2.26. The molecule has 29 heavy (non-hydrogen) atoms. The highest BCUT2D eigenvalue weighted by molar-refractivity contribution is 5.56. The Morgan fingerprint density at radius 3 is 2.38 bits per heavy atom. The van der Waals surface area contributed by atoms with E-state index in [9.17, 15) is 5.11 Å². The molecule has 0 unspecified atom stereocenters. The first-order valence-corrected chi connectivity index (χ1v) is 9.81. The van der Waals surface area contributed by atoms with Gasteiger partial charge in [-0.1, -0.05) is 30.3 Å². The van der Waals surface area contributed by atoms with E-state index in [0.29, 0.717) is 17.6 Å². The summed E-state index contributed by atoms with van der Waals surface area (Å²) in [5.74, 6) is 2.63. The van der Waals surface area contributed by atoms with Crippen LogP contribution in [0.4, 0.5) is 11.8 Å². The molecule has 4 rings (SSSR count). The van der Waals surface area contributed by atoms with Crippen LogP contribution in [0.5, 0.6) is 0 Å². The van der Waals surface area contributed by atoms with Crippen LogP contribution in [0.3, 0.4) is 0 Å². The first-order chi connectivity index (χ1) is 14.0. The van der Waals surface area contributed by atoms with Crippen molar-refractivity contribution in [3.63, 3.8) is 0 Å². The van der Waals surface area contributed by atoms with E-state index in [1.807, 2.05) is 36.4 Å². The number of hydrogen-bond donors (Lipinski definition) is 1. The molecular weight excluding hydrogens is 366 g/mol. The van der Waals surface area contributed by atoms with Crippen molar-refractivity contribution in [2.75, 3.05) is 22.9 Å². The Bertz CT molecular complexity index is 954. The maximum Gasteiger partial charge on any atom is 0.229 e. The van der Waals surface area contributed by atoms with E-state index in [4.69, 9.17) is 4.98 Å². The summed E-state index contributed by atoms with van der Waals surface area (Å²) in [6.45, 7) is 7.51. The summed E-state index contributed by atoms with van der Waals surface area (Å²) in [5.41, 5.74) is 0.975. The van der Waals surface area contributed by atoms with Crippen LogP contribution in [0, 0.1) is 0 Å². The SMILES string of the molecule is C[C@@H]1CN(c2ncnc(-c3ccccc3)n2)C[C@H](C)N1c1ccnc([C@@H](C)O)n1. The van der Waals surface area contributed by atoms with E-state index < -0.39 is 6.10 Å². The summed E-state index contributed by atoms with van der Waals surface area (Å²) in [7, 11) is 0. The number of nitrogens with zero attached hydrogens (tertiary/aromatic N) is 7. The normalized spacial score (nSPS) is 20.6. The van der Waals surface area contributed by atoms with E-state index in [1.165, 1.54) is 0 Å². The number of piperazine rings is 1. The molecule has 8 nitrogen and oxygen atoms in total. The molecule has 1 aromatic carbocycles. The van der Waals surface area contributed by atoms with Gasteiger partial charge in [-0.15, -0.1) is 0 Å². The standard InChI is InChI=1S/C21H25N7O/c1-14-11-27(21-24-13-23-20(26-21)17-7-5-4-6-8-17)12-15(2)28(14)18-9-10-22-19(25-18)16(3)29/h4-10,13-16,29H,11-12H2,1-3H3/t14-,15+,16-/m1/s1. The van der Waals surface area contributed by atoms with Gasteiger partial charge in [-0.05, 0) is 26.8 Å². The molecule has 8 heteroatoms. The topological polar surface area (TPSA) is 91.2 Å². The van der Waals surface area contributed by atoms with Crippen molar-refractivity contribution >= 4 is 11.8 Å². The first-order valence-electron chi connectivity index (χ1n) is 9.81. The van der Waals surface area contributed by atoms with E-state index >= 15 is 0 Å². The lowest BCUT2D eigenvalue weighted by Gasteiger charge is -2.45. The number of rotatable bonds is 4. The van der Waals surface area contributed by atoms with Gasteiger partial charge in [0.1, 0.15) is 18.2 Å². The van der Waals surface area contributed by atoms with Gasteiger partial charge in [-0.2, -0.15) is 4.98 Å². The first kappa shape index (κ1) is 19.2. The molecule has 0 radical (unpaired) electrons. The van der Waals surface area contributed by atoms with Crippen LogP contribution in [-0.4, -0.2) is 55.2 Å². The summed E-state index contributed by atoms with van der Waals surface area (Å²) in [6, 6.07) is 12.2. The second-order valence-corrected chi connectivity index (χ2v) is 7.43. The average Bonchev–Trinajstić information content (AvgIpc) is 2.74. The van der Waals surface area contributed by atoms with Crippen LogP contribution in [0.15, 0.2) is 48.9 Å². The predicted molar refractivity (Wildman–Crippen MR) is 112 cm³/mol. The minimum absolute atomic E-state index is 0.187. The summed E-state index contributed by atoms with van der Waals surface area (Å²) in [4.78, 5) is 26.6. The van der Waals surface area contributed by atoms with Gasteiger partial charge in [-0.3, -0.25) is 0 Å². The zero-order valence-electron chi connectivity index (χ0n) is 16.8. The third-order valence-electron chi connectivity index (χ3n) is 5.09. The fourth-order valence-corrected chi connectivity index (χ4v) is 3.81. The van der Waals surface area contributed by atoms with Crippen molar-refractivity contribution < 1.29 is 5.11 Å². The fraction of sp³-hybridized carbons (Fsp3) is 0.381. The molecule has 1 fully saturated rings. The maximum absolute atomic E-state index is 9.81. The predicted octanol–water partition coefficient (Wildman–Crippen LogP) is 2.49. The Morgan fingerprint density at radius 1 is 0.966 bits per heavy atom. The van der Waals surface area contributed by atoms with Gasteiger partial charge in [0.15, 0.2) is 11.6 Å². The molecule has 0 bridgehead atoms. The molecule has 1 aliphatic heterocycles. The zero-order valence-corrected chi connectivity index (χ0v) is 16.8. The quantitative estimate of drug-likeness (QED) is 0.725. The van der Waals surface area contributed by atoms with Crippen molar-refractivity contribution in [1.29, 1.82) is 0 Å². The fourth-order valence-electron chi connectivity index (χ4n) is 3.81. The lowest BCUT2D eigenvalue weighted by Crippen LogP contribution is -2.57. The zero-order chi connectivity index (χ0) is 20.4. The number of hydrogen-bond acceptors (Lipinski definition) is 8. The second kappa shape index (κ2) is 8.08. The highest BCUT2D eigenvalue weighted by atomic mass is 16.3. The van der Waals surface area contributed by atoms with Crippen molar-refractivity contribution in [3.05, 3.63) is 54.7 Å². The van der Waals surface area contributed by atoms with Gasteiger partial charge < -0.3 is 14.9 Å². The third kappa shape index (κ3) is 4.02. The Labute approximate surface area is 170 Å². The van der Waals surface area contributed by atoms with Gasteiger partial charge in [0.05, 0.1) is 0 Å². The summed E-state index contributed by atoms with van der Waals surface area (Å²) < 4.78 is 0. The molecule has 1 saturated heterocycles. The van der Waals surface area contributed by atoms with Crippen molar-refractivity contribution in [1.82, 2.24) is 24.9 Å². The summed E-state index contributed by atoms with van der Waals surface area (Å²) in [6.07, 6.45) is 2.59. The number of aromatic nitrogens is 5. The molecule has 3 aromatic rings. The minimum atomic E-state index is -0.691. The van der Waals surface area contributed by atoms with Crippen LogP contribution < -0.4 is 9.80 Å². The van der Waals surface area contributed by atoms with Crippen LogP contribution >= 0.6 is 0 Å². The lowest BCUT2D eigenvalue weighted by molar-refractivity contribution is 0.189. The van der Waals surface area contributed by atoms with Gasteiger partial charge >= 0.3 is 0 Å². The van der Waals surface area contributed by atoms with Gasteiger partial charge in [-0.25, -0.2) is 19.9 Å². The van der Waals surface area contributed by atoms with E-state index in [0.717, 1.165) is 24.5 Å². The molecule has 1 aliphatic rings. The minimum Gasteiger partial charge on any atom is -0.385 e. The van der Waals surface area contributed by atoms with E-state index in [-0.39, 0.29) is 12.1 Å². The molecule has 2 aromatic heterocycles. The number of anilines is 2. The Hall–Kier alpha value is -3.13. The van der Waals surface area contributed by atoms with Crippen molar-refractivity contribution in [2.45, 2.75) is 39.0 Å². The van der Waals surface area contributed by atoms with Crippen LogP contribution in [-0.2, 0) is 0 Å². The van der Waals surface area contributed by atoms with Crippen LogP contribution in [0.25, 0.3) is 11.4 Å². The maximum atomic E-state index is 9.81. The number of benzene rings is 1. The molecule has 0 saturated carbocycles. The van der Waals surface area contributed by atoms with Gasteiger partial charge in [0.25, 0.3) is 0 Å². The summed E-state index contributed by atoms with van der Waals surface area (Å²) in [5, 5.41) is 9.81. The monoisotopic (exact) mass is 391 g/mol. The highest BCUT2D eigenvalue weighted by Gasteiger charge is 2.32. The third-order valence-corrected chi connectivity index (χ3v) is 5.09. The number of aliphatic hydroxyl groups excluding tert-OH is 1. The van der Waals surface area contributed by atoms with Crippen LogP contribution in [0.1, 0.15) is 32.7 Å². The smallest absolute Gasteiger partial charge is 0.229 e. The molecule has 0 aliphatic carbocycles. The Morgan fingerprint density at radius 2 is 1.69 bits per heavy atom. The van der Waals surface area contributed by atoms with E-state index in [2.05, 4.69) is 43.6 Å². The van der Waals surface area contributed by atoms with Crippen LogP contribution in [0.2, 0.25) is 0 Å². The lowest BCUT2D eigenvalue weighted by atomic mass is 10.1. The van der Waals surface area contributed by atoms with Crippen molar-refractivity contribution in [2.24, 2.45) is 0 Å². The Kier molecular flexibility index (Phi) is 5.35. The van der Waals surface area contributed by atoms with Crippen molar-refractivity contribution in [3.8, 4) is 11.4 Å². The second-order valence-electron chi connectivity index (χ2n) is 7.43. The number of aliphatic hydroxyl groups is 1. The average molecular weight is 391 g/mol. The largest absolute Gasteiger partial charge is 0.385 e. The molecule has 0 spiro atoms. The Balaban J connectivity index is 1.56. The molecule has 150 valence electrons. The molecule has 3 atom stereocenters. The molecular formula is C21H25N7O. The molecule has 3 heterocycles. The molecule has 0 amide bonds. The van der Waals surface area contributed by atoms with Gasteiger partial charge in [0, 0.05) is 36.9 Å². The molecule has 1 N–H and O–H groups in total.